The van der Waals surface area contributed by atoms with Crippen LogP contribution in [0.5, 0.6) is 0 Å². The maximum Gasteiger partial charge on any atom is 0.244 e. The molecular weight excluding hydrogens is 498 g/mol. The van der Waals surface area contributed by atoms with Crippen LogP contribution < -0.4 is 9.62 Å². The number of nitrogens with one attached hydrogen (secondary N) is 1. The van der Waals surface area contributed by atoms with Gasteiger partial charge in [0, 0.05) is 19.5 Å². The molecule has 0 saturated carbocycles. The number of carbonyl (C=O) groups excluding carboxylic acids is 2. The van der Waals surface area contributed by atoms with Crippen LogP contribution in [-0.4, -0.2) is 50.5 Å². The summed E-state index contributed by atoms with van der Waals surface area (Å²) >= 11 is 0. The van der Waals surface area contributed by atoms with Crippen molar-refractivity contribution in [2.45, 2.75) is 39.8 Å². The van der Waals surface area contributed by atoms with Crippen molar-refractivity contribution in [3.05, 3.63) is 102 Å². The van der Waals surface area contributed by atoms with E-state index in [1.165, 1.54) is 4.90 Å². The predicted molar refractivity (Wildman–Crippen MR) is 152 cm³/mol. The standard InChI is InChI=1S/C30H37N3O4S/c1-23(2)20-31-30(35)28(19-25-14-7-5-8-15-25)32(21-26-16-12-11-13-24(26)3)29(34)22-33(38(4,36)37)27-17-9-6-10-18-27/h5-18,23,28H,19-22H2,1-4H3,(H,31,35)/t28-/m0/s1. The highest BCUT2D eigenvalue weighted by Crippen LogP contribution is 2.21. The van der Waals surface area contributed by atoms with E-state index in [4.69, 9.17) is 0 Å². The van der Waals surface area contributed by atoms with E-state index >= 15 is 0 Å². The average molecular weight is 536 g/mol. The molecule has 3 rings (SSSR count). The monoisotopic (exact) mass is 535 g/mol. The molecule has 0 fully saturated rings. The first-order valence-electron chi connectivity index (χ1n) is 12.7. The molecule has 1 N–H and O–H groups in total. The van der Waals surface area contributed by atoms with Crippen LogP contribution in [0.25, 0.3) is 0 Å². The molecule has 0 saturated heterocycles. The molecule has 3 aromatic carbocycles. The van der Waals surface area contributed by atoms with Gasteiger partial charge in [-0.3, -0.25) is 13.9 Å². The van der Waals surface area contributed by atoms with E-state index in [0.29, 0.717) is 18.7 Å². The summed E-state index contributed by atoms with van der Waals surface area (Å²) in [5, 5.41) is 2.99. The van der Waals surface area contributed by atoms with Crippen LogP contribution in [0.1, 0.15) is 30.5 Å². The van der Waals surface area contributed by atoms with Crippen molar-refractivity contribution in [3.63, 3.8) is 0 Å². The van der Waals surface area contributed by atoms with Crippen LogP contribution in [0.4, 0.5) is 5.69 Å². The van der Waals surface area contributed by atoms with Crippen LogP contribution in [0, 0.1) is 12.8 Å². The minimum Gasteiger partial charge on any atom is -0.354 e. The van der Waals surface area contributed by atoms with Gasteiger partial charge in [-0.05, 0) is 41.7 Å². The molecule has 0 aliphatic rings. The number of hydrogen-bond acceptors (Lipinski definition) is 4. The number of sulfonamides is 1. The van der Waals surface area contributed by atoms with Crippen molar-refractivity contribution in [2.75, 3.05) is 23.7 Å². The second-order valence-corrected chi connectivity index (χ2v) is 11.8. The number of carbonyl (C=O) groups is 2. The fourth-order valence-corrected chi connectivity index (χ4v) is 5.01. The number of benzene rings is 3. The molecule has 0 bridgehead atoms. The Labute approximate surface area is 226 Å². The maximum absolute atomic E-state index is 14.0. The Morgan fingerprint density at radius 2 is 1.45 bits per heavy atom. The molecule has 0 spiro atoms. The molecule has 3 aromatic rings. The lowest BCUT2D eigenvalue weighted by atomic mass is 10.0. The fourth-order valence-electron chi connectivity index (χ4n) is 4.16. The van der Waals surface area contributed by atoms with Gasteiger partial charge in [0.2, 0.25) is 21.8 Å². The normalized spacial score (nSPS) is 12.1. The molecule has 0 aliphatic carbocycles. The smallest absolute Gasteiger partial charge is 0.244 e. The van der Waals surface area contributed by atoms with E-state index in [-0.39, 0.29) is 18.4 Å². The lowest BCUT2D eigenvalue weighted by molar-refractivity contribution is -0.140. The lowest BCUT2D eigenvalue weighted by Gasteiger charge is -2.34. The van der Waals surface area contributed by atoms with E-state index < -0.39 is 28.5 Å². The first kappa shape index (κ1) is 28.9. The van der Waals surface area contributed by atoms with Crippen molar-refractivity contribution in [1.29, 1.82) is 0 Å². The number of hydrogen-bond donors (Lipinski definition) is 1. The fraction of sp³-hybridized carbons (Fsp3) is 0.333. The van der Waals surface area contributed by atoms with Gasteiger partial charge in [0.1, 0.15) is 12.6 Å². The second kappa shape index (κ2) is 13.2. The molecule has 0 heterocycles. The van der Waals surface area contributed by atoms with E-state index in [2.05, 4.69) is 5.32 Å². The van der Waals surface area contributed by atoms with Gasteiger partial charge in [-0.1, -0.05) is 86.6 Å². The minimum atomic E-state index is -3.77. The Kier molecular flexibility index (Phi) is 10.1. The van der Waals surface area contributed by atoms with Crippen molar-refractivity contribution in [1.82, 2.24) is 10.2 Å². The van der Waals surface area contributed by atoms with Crippen LogP contribution >= 0.6 is 0 Å². The minimum absolute atomic E-state index is 0.171. The molecule has 2 amide bonds. The highest BCUT2D eigenvalue weighted by molar-refractivity contribution is 7.92. The van der Waals surface area contributed by atoms with Crippen molar-refractivity contribution >= 4 is 27.5 Å². The largest absolute Gasteiger partial charge is 0.354 e. The van der Waals surface area contributed by atoms with Gasteiger partial charge in [-0.2, -0.15) is 0 Å². The third-order valence-electron chi connectivity index (χ3n) is 6.28. The summed E-state index contributed by atoms with van der Waals surface area (Å²) in [6.07, 6.45) is 1.38. The molecule has 1 atom stereocenters. The molecule has 202 valence electrons. The lowest BCUT2D eigenvalue weighted by Crippen LogP contribution is -2.53. The zero-order valence-corrected chi connectivity index (χ0v) is 23.3. The summed E-state index contributed by atoms with van der Waals surface area (Å²) in [7, 11) is -3.77. The van der Waals surface area contributed by atoms with Gasteiger partial charge in [-0.25, -0.2) is 8.42 Å². The Bertz CT molecular complexity index is 1310. The van der Waals surface area contributed by atoms with Gasteiger partial charge >= 0.3 is 0 Å². The summed E-state index contributed by atoms with van der Waals surface area (Å²) in [4.78, 5) is 29.1. The Morgan fingerprint density at radius 1 is 0.868 bits per heavy atom. The van der Waals surface area contributed by atoms with Crippen LogP contribution in [0.3, 0.4) is 0 Å². The molecule has 0 radical (unpaired) electrons. The first-order chi connectivity index (χ1) is 18.1. The van der Waals surface area contributed by atoms with Crippen LogP contribution in [-0.2, 0) is 32.6 Å². The third-order valence-corrected chi connectivity index (χ3v) is 7.42. The number of aryl methyl sites for hydroxylation is 1. The van der Waals surface area contributed by atoms with Gasteiger partial charge in [0.05, 0.1) is 11.9 Å². The summed E-state index contributed by atoms with van der Waals surface area (Å²) in [5.74, 6) is -0.492. The number of anilines is 1. The van der Waals surface area contributed by atoms with Gasteiger partial charge < -0.3 is 10.2 Å². The Balaban J connectivity index is 2.04. The Hall–Kier alpha value is -3.65. The summed E-state index contributed by atoms with van der Waals surface area (Å²) in [6, 6.07) is 24.9. The van der Waals surface area contributed by atoms with Gasteiger partial charge in [0.25, 0.3) is 0 Å². The third kappa shape index (κ3) is 8.18. The highest BCUT2D eigenvalue weighted by Gasteiger charge is 2.33. The second-order valence-electron chi connectivity index (χ2n) is 9.90. The quantitative estimate of drug-likeness (QED) is 0.377. The number of amides is 2. The van der Waals surface area contributed by atoms with Crippen LogP contribution in [0.15, 0.2) is 84.9 Å². The number of rotatable bonds is 12. The zero-order valence-electron chi connectivity index (χ0n) is 22.5. The SMILES string of the molecule is Cc1ccccc1CN(C(=O)CN(c1ccccc1)S(C)(=O)=O)[C@@H](Cc1ccccc1)C(=O)NCC(C)C. The topological polar surface area (TPSA) is 86.8 Å². The molecule has 8 heteroatoms. The highest BCUT2D eigenvalue weighted by atomic mass is 32.2. The summed E-state index contributed by atoms with van der Waals surface area (Å²) < 4.78 is 26.6. The summed E-state index contributed by atoms with van der Waals surface area (Å²) in [6.45, 7) is 6.19. The molecule has 7 nitrogen and oxygen atoms in total. The van der Waals surface area contributed by atoms with Crippen molar-refractivity contribution in [3.8, 4) is 0 Å². The molecule has 0 aromatic heterocycles. The molecule has 0 unspecified atom stereocenters. The van der Waals surface area contributed by atoms with Crippen LogP contribution in [0.2, 0.25) is 0 Å². The number of para-hydroxylation sites is 1. The first-order valence-corrected chi connectivity index (χ1v) is 14.6. The Morgan fingerprint density at radius 3 is 2.03 bits per heavy atom. The molecule has 0 aliphatic heterocycles. The average Bonchev–Trinajstić information content (AvgIpc) is 2.89. The van der Waals surface area contributed by atoms with Crippen molar-refractivity contribution in [2.24, 2.45) is 5.92 Å². The molecule has 38 heavy (non-hydrogen) atoms. The summed E-state index contributed by atoms with van der Waals surface area (Å²) in [5.41, 5.74) is 3.17. The van der Waals surface area contributed by atoms with Gasteiger partial charge in [-0.15, -0.1) is 0 Å². The van der Waals surface area contributed by atoms with Crippen molar-refractivity contribution < 1.29 is 18.0 Å². The number of nitrogens with zero attached hydrogens (tertiary/aromatic N) is 2. The van der Waals surface area contributed by atoms with Gasteiger partial charge in [0.15, 0.2) is 0 Å². The predicted octanol–water partition coefficient (Wildman–Crippen LogP) is 4.17. The van der Waals surface area contributed by atoms with E-state index in [0.717, 1.165) is 27.3 Å². The van der Waals surface area contributed by atoms with E-state index in [9.17, 15) is 18.0 Å². The maximum atomic E-state index is 14.0. The molecular formula is C30H37N3O4S. The van der Waals surface area contributed by atoms with E-state index in [1.807, 2.05) is 75.4 Å². The zero-order chi connectivity index (χ0) is 27.7. The van der Waals surface area contributed by atoms with E-state index in [1.54, 1.807) is 30.3 Å².